The van der Waals surface area contributed by atoms with E-state index in [-0.39, 0.29) is 6.54 Å². The quantitative estimate of drug-likeness (QED) is 0.809. The first-order chi connectivity index (χ1) is 10.0. The summed E-state index contributed by atoms with van der Waals surface area (Å²) in [7, 11) is -1.82. The third-order valence-corrected chi connectivity index (χ3v) is 5.42. The van der Waals surface area contributed by atoms with Crippen LogP contribution in [0.15, 0.2) is 24.3 Å². The molecule has 1 saturated heterocycles. The number of hydrogen-bond donors (Lipinski definition) is 2. The molecule has 2 rings (SSSR count). The molecule has 0 radical (unpaired) electrons. The van der Waals surface area contributed by atoms with Crippen LogP contribution < -0.4 is 15.2 Å². The molecule has 1 heterocycles. The topological polar surface area (TPSA) is 84.7 Å². The lowest BCUT2D eigenvalue weighted by Gasteiger charge is -2.30. The molecule has 0 aliphatic carbocycles. The Balaban J connectivity index is 1.89. The number of hydrogen-bond acceptors (Lipinski definition) is 4. The maximum Gasteiger partial charge on any atom is 0.279 e. The molecule has 7 heteroatoms. The van der Waals surface area contributed by atoms with Crippen molar-refractivity contribution in [2.75, 3.05) is 26.7 Å². The van der Waals surface area contributed by atoms with Gasteiger partial charge >= 0.3 is 0 Å². The van der Waals surface area contributed by atoms with E-state index in [1.807, 2.05) is 24.3 Å². The molecule has 0 spiro atoms. The Kier molecular flexibility index (Phi) is 5.58. The van der Waals surface area contributed by atoms with Gasteiger partial charge in [0.1, 0.15) is 5.75 Å². The van der Waals surface area contributed by atoms with Crippen LogP contribution in [0.1, 0.15) is 18.4 Å². The maximum atomic E-state index is 12.2. The average molecular weight is 313 g/mol. The lowest BCUT2D eigenvalue weighted by molar-refractivity contribution is 0.275. The van der Waals surface area contributed by atoms with E-state index in [1.54, 1.807) is 7.11 Å². The third-order valence-electron chi connectivity index (χ3n) is 3.86. The molecule has 1 aliphatic rings. The zero-order chi connectivity index (χ0) is 15.3. The molecular weight excluding hydrogens is 290 g/mol. The van der Waals surface area contributed by atoms with Gasteiger partial charge in [0.15, 0.2) is 0 Å². The highest BCUT2D eigenvalue weighted by molar-refractivity contribution is 7.87. The molecule has 0 unspecified atom stereocenters. The molecule has 118 valence electrons. The summed E-state index contributed by atoms with van der Waals surface area (Å²) < 4.78 is 33.7. The summed E-state index contributed by atoms with van der Waals surface area (Å²) in [6, 6.07) is 7.33. The number of benzene rings is 1. The van der Waals surface area contributed by atoms with Gasteiger partial charge in [-0.15, -0.1) is 0 Å². The maximum absolute atomic E-state index is 12.2. The van der Waals surface area contributed by atoms with Crippen molar-refractivity contribution in [3.8, 4) is 5.75 Å². The Morgan fingerprint density at radius 3 is 2.43 bits per heavy atom. The Morgan fingerprint density at radius 1 is 1.29 bits per heavy atom. The molecule has 3 N–H and O–H groups in total. The van der Waals surface area contributed by atoms with Gasteiger partial charge in [0.2, 0.25) is 0 Å². The number of nitrogens with zero attached hydrogens (tertiary/aromatic N) is 1. The van der Waals surface area contributed by atoms with Crippen molar-refractivity contribution >= 4 is 10.2 Å². The van der Waals surface area contributed by atoms with Crippen LogP contribution in [-0.4, -0.2) is 39.5 Å². The van der Waals surface area contributed by atoms with Crippen LogP contribution in [-0.2, 0) is 16.8 Å². The van der Waals surface area contributed by atoms with Crippen LogP contribution in [0.25, 0.3) is 0 Å². The fourth-order valence-corrected chi connectivity index (χ4v) is 3.62. The molecule has 6 nitrogen and oxygen atoms in total. The summed E-state index contributed by atoms with van der Waals surface area (Å²) in [6.07, 6.45) is 1.67. The minimum Gasteiger partial charge on any atom is -0.497 e. The van der Waals surface area contributed by atoms with Crippen LogP contribution >= 0.6 is 0 Å². The first-order valence-electron chi connectivity index (χ1n) is 7.13. The van der Waals surface area contributed by atoms with Gasteiger partial charge < -0.3 is 10.5 Å². The van der Waals surface area contributed by atoms with Gasteiger partial charge in [-0.2, -0.15) is 17.4 Å². The highest BCUT2D eigenvalue weighted by Gasteiger charge is 2.26. The summed E-state index contributed by atoms with van der Waals surface area (Å²) >= 11 is 0. The van der Waals surface area contributed by atoms with E-state index < -0.39 is 10.2 Å². The van der Waals surface area contributed by atoms with Gasteiger partial charge in [0.05, 0.1) is 7.11 Å². The van der Waals surface area contributed by atoms with Crippen molar-refractivity contribution in [3.05, 3.63) is 29.8 Å². The van der Waals surface area contributed by atoms with Crippen molar-refractivity contribution in [1.29, 1.82) is 0 Å². The molecule has 21 heavy (non-hydrogen) atoms. The van der Waals surface area contributed by atoms with Gasteiger partial charge in [0.25, 0.3) is 10.2 Å². The minimum atomic E-state index is -3.42. The molecule has 0 bridgehead atoms. The zero-order valence-corrected chi connectivity index (χ0v) is 13.1. The van der Waals surface area contributed by atoms with E-state index in [9.17, 15) is 8.42 Å². The Hall–Kier alpha value is -1.15. The fourth-order valence-electron chi connectivity index (χ4n) is 2.39. The van der Waals surface area contributed by atoms with Crippen LogP contribution in [0, 0.1) is 5.92 Å². The third kappa shape index (κ3) is 4.41. The molecular formula is C14H23N3O3S. The summed E-state index contributed by atoms with van der Waals surface area (Å²) in [4.78, 5) is 0. The largest absolute Gasteiger partial charge is 0.497 e. The molecule has 0 atom stereocenters. The summed E-state index contributed by atoms with van der Waals surface area (Å²) in [5.74, 6) is 1.20. The zero-order valence-electron chi connectivity index (χ0n) is 12.3. The van der Waals surface area contributed by atoms with E-state index in [4.69, 9.17) is 10.5 Å². The first kappa shape index (κ1) is 16.2. The van der Waals surface area contributed by atoms with Crippen LogP contribution in [0.4, 0.5) is 0 Å². The normalized spacial score (nSPS) is 17.8. The van der Waals surface area contributed by atoms with Gasteiger partial charge in [0, 0.05) is 19.6 Å². The standard InChI is InChI=1S/C14H23N3O3S/c1-20-14-4-2-13(3-5-14)11-16-21(18,19)17-8-6-12(10-15)7-9-17/h2-5,12,16H,6-11,15H2,1H3. The van der Waals surface area contributed by atoms with Gasteiger partial charge in [-0.25, -0.2) is 0 Å². The van der Waals surface area contributed by atoms with E-state index >= 15 is 0 Å². The molecule has 1 aromatic rings. The second-order valence-corrected chi connectivity index (χ2v) is 7.01. The summed E-state index contributed by atoms with van der Waals surface area (Å²) in [6.45, 7) is 2.00. The van der Waals surface area contributed by atoms with Crippen LogP contribution in [0.2, 0.25) is 0 Å². The molecule has 1 aromatic carbocycles. The van der Waals surface area contributed by atoms with Crippen molar-refractivity contribution in [2.24, 2.45) is 11.7 Å². The SMILES string of the molecule is COc1ccc(CNS(=O)(=O)N2CCC(CN)CC2)cc1. The second-order valence-electron chi connectivity index (χ2n) is 5.25. The lowest BCUT2D eigenvalue weighted by Crippen LogP contribution is -2.45. The van der Waals surface area contributed by atoms with Gasteiger partial charge in [-0.3, -0.25) is 0 Å². The number of nitrogens with two attached hydrogens (primary N) is 1. The molecule has 0 amide bonds. The predicted octanol–water partition coefficient (Wildman–Crippen LogP) is 0.700. The Morgan fingerprint density at radius 2 is 1.90 bits per heavy atom. The van der Waals surface area contributed by atoms with Crippen molar-refractivity contribution in [3.63, 3.8) is 0 Å². The number of ether oxygens (including phenoxy) is 1. The number of methoxy groups -OCH3 is 1. The number of piperidine rings is 1. The summed E-state index contributed by atoms with van der Waals surface area (Å²) in [5.41, 5.74) is 6.52. The lowest BCUT2D eigenvalue weighted by atomic mass is 9.99. The fraction of sp³-hybridized carbons (Fsp3) is 0.571. The highest BCUT2D eigenvalue weighted by atomic mass is 32.2. The monoisotopic (exact) mass is 313 g/mol. The molecule has 0 saturated carbocycles. The predicted molar refractivity (Wildman–Crippen MR) is 82.1 cm³/mol. The van der Waals surface area contributed by atoms with E-state index in [0.717, 1.165) is 24.2 Å². The van der Waals surface area contributed by atoms with Crippen LogP contribution in [0.5, 0.6) is 5.75 Å². The van der Waals surface area contributed by atoms with Gasteiger partial charge in [-0.1, -0.05) is 12.1 Å². The van der Waals surface area contributed by atoms with E-state index in [0.29, 0.717) is 25.6 Å². The van der Waals surface area contributed by atoms with E-state index in [2.05, 4.69) is 4.72 Å². The smallest absolute Gasteiger partial charge is 0.279 e. The molecule has 1 aliphatic heterocycles. The molecule has 1 fully saturated rings. The van der Waals surface area contributed by atoms with Crippen molar-refractivity contribution in [1.82, 2.24) is 9.03 Å². The average Bonchev–Trinajstić information content (AvgIpc) is 2.53. The van der Waals surface area contributed by atoms with Gasteiger partial charge in [-0.05, 0) is 43.0 Å². The Bertz CT molecular complexity index is 537. The number of rotatable bonds is 6. The summed E-state index contributed by atoms with van der Waals surface area (Å²) in [5, 5.41) is 0. The first-order valence-corrected chi connectivity index (χ1v) is 8.57. The Labute approximate surface area is 126 Å². The van der Waals surface area contributed by atoms with Crippen LogP contribution in [0.3, 0.4) is 0 Å². The second kappa shape index (κ2) is 7.22. The molecule has 0 aromatic heterocycles. The van der Waals surface area contributed by atoms with Crippen molar-refractivity contribution in [2.45, 2.75) is 19.4 Å². The number of nitrogens with one attached hydrogen (secondary N) is 1. The van der Waals surface area contributed by atoms with Crippen molar-refractivity contribution < 1.29 is 13.2 Å². The van der Waals surface area contributed by atoms with E-state index in [1.165, 1.54) is 4.31 Å². The highest BCUT2D eigenvalue weighted by Crippen LogP contribution is 2.18. The minimum absolute atomic E-state index is 0.281.